The molecule has 0 unspecified atom stereocenters. The van der Waals surface area contributed by atoms with Crippen LogP contribution < -0.4 is 15.0 Å². The number of hydrogen-bond donors (Lipinski definition) is 1. The molecule has 0 radical (unpaired) electrons. The van der Waals surface area contributed by atoms with E-state index in [1.807, 2.05) is 30.3 Å². The summed E-state index contributed by atoms with van der Waals surface area (Å²) in [5, 5.41) is 2.87. The number of aromatic nitrogens is 1. The van der Waals surface area contributed by atoms with Crippen LogP contribution in [0, 0.1) is 0 Å². The number of benzene rings is 1. The zero-order valence-corrected chi connectivity index (χ0v) is 16.9. The van der Waals surface area contributed by atoms with Crippen molar-refractivity contribution >= 4 is 33.7 Å². The van der Waals surface area contributed by atoms with Crippen molar-refractivity contribution in [2.45, 2.75) is 20.4 Å². The van der Waals surface area contributed by atoms with Crippen molar-refractivity contribution in [3.63, 3.8) is 0 Å². The van der Waals surface area contributed by atoms with Crippen LogP contribution in [0.2, 0.25) is 0 Å². The van der Waals surface area contributed by atoms with Gasteiger partial charge in [-0.15, -0.1) is 0 Å². The summed E-state index contributed by atoms with van der Waals surface area (Å²) < 4.78 is 6.22. The third-order valence-corrected chi connectivity index (χ3v) is 4.46. The molecular weight excluding hydrogens is 394 g/mol. The molecule has 2 aromatic rings. The number of rotatable bonds is 8. The van der Waals surface area contributed by atoms with Crippen molar-refractivity contribution in [2.75, 3.05) is 25.1 Å². The molecule has 6 heteroatoms. The number of anilines is 1. The SMILES string of the molecule is CCN(CC)c1ccc(CNC(=O)C=Cc2cc(Br)ccc2OC)cn1. The normalized spacial score (nSPS) is 10.8. The molecule has 0 spiro atoms. The number of nitrogens with zero attached hydrogens (tertiary/aromatic N) is 2. The van der Waals surface area contributed by atoms with Gasteiger partial charge in [0.25, 0.3) is 0 Å². The maximum Gasteiger partial charge on any atom is 0.244 e. The third-order valence-electron chi connectivity index (χ3n) is 3.97. The number of ether oxygens (including phenoxy) is 1. The lowest BCUT2D eigenvalue weighted by Crippen LogP contribution is -2.23. The van der Waals surface area contributed by atoms with Crippen LogP contribution in [0.5, 0.6) is 5.75 Å². The van der Waals surface area contributed by atoms with Crippen molar-refractivity contribution < 1.29 is 9.53 Å². The fourth-order valence-corrected chi connectivity index (χ4v) is 2.88. The van der Waals surface area contributed by atoms with E-state index in [-0.39, 0.29) is 5.91 Å². The van der Waals surface area contributed by atoms with Crippen LogP contribution in [0.1, 0.15) is 25.0 Å². The molecule has 26 heavy (non-hydrogen) atoms. The first-order valence-corrected chi connectivity index (χ1v) is 9.36. The van der Waals surface area contributed by atoms with Crippen molar-refractivity contribution in [3.8, 4) is 5.75 Å². The molecule has 0 bridgehead atoms. The van der Waals surface area contributed by atoms with Gasteiger partial charge in [-0.3, -0.25) is 4.79 Å². The number of nitrogens with one attached hydrogen (secondary N) is 1. The van der Waals surface area contributed by atoms with Gasteiger partial charge < -0.3 is 15.0 Å². The second-order valence-electron chi connectivity index (χ2n) is 5.63. The van der Waals surface area contributed by atoms with Crippen molar-refractivity contribution in [1.82, 2.24) is 10.3 Å². The highest BCUT2D eigenvalue weighted by atomic mass is 79.9. The van der Waals surface area contributed by atoms with Gasteiger partial charge in [0.15, 0.2) is 0 Å². The quantitative estimate of drug-likeness (QED) is 0.658. The molecule has 138 valence electrons. The summed E-state index contributed by atoms with van der Waals surface area (Å²) in [6, 6.07) is 9.62. The molecule has 1 N–H and O–H groups in total. The Labute approximate surface area is 163 Å². The molecule has 1 aromatic heterocycles. The Morgan fingerprint density at radius 1 is 1.27 bits per heavy atom. The molecule has 1 amide bonds. The molecule has 0 fully saturated rings. The minimum atomic E-state index is -0.167. The second-order valence-corrected chi connectivity index (χ2v) is 6.55. The highest BCUT2D eigenvalue weighted by molar-refractivity contribution is 9.10. The summed E-state index contributed by atoms with van der Waals surface area (Å²) in [6.45, 7) is 6.48. The van der Waals surface area contributed by atoms with Gasteiger partial charge in [0, 0.05) is 41.9 Å². The molecule has 0 aliphatic rings. The lowest BCUT2D eigenvalue weighted by atomic mass is 10.2. The van der Waals surface area contributed by atoms with E-state index in [1.54, 1.807) is 19.4 Å². The Kier molecular flexibility index (Phi) is 7.66. The highest BCUT2D eigenvalue weighted by Gasteiger charge is 2.04. The fraction of sp³-hybridized carbons (Fsp3) is 0.300. The van der Waals surface area contributed by atoms with E-state index in [2.05, 4.69) is 45.0 Å². The van der Waals surface area contributed by atoms with Gasteiger partial charge in [0.05, 0.1) is 7.11 Å². The number of amides is 1. The van der Waals surface area contributed by atoms with Crippen LogP contribution >= 0.6 is 15.9 Å². The Morgan fingerprint density at radius 2 is 2.04 bits per heavy atom. The number of pyridine rings is 1. The first-order chi connectivity index (χ1) is 12.6. The average Bonchev–Trinajstić information content (AvgIpc) is 2.66. The summed E-state index contributed by atoms with van der Waals surface area (Å²) in [5.74, 6) is 1.50. The molecule has 2 rings (SSSR count). The number of methoxy groups -OCH3 is 1. The van der Waals surface area contributed by atoms with Gasteiger partial charge in [0.1, 0.15) is 11.6 Å². The molecule has 1 heterocycles. The first kappa shape index (κ1) is 20.0. The van der Waals surface area contributed by atoms with Crippen molar-refractivity contribution in [1.29, 1.82) is 0 Å². The monoisotopic (exact) mass is 417 g/mol. The van der Waals surface area contributed by atoms with Crippen LogP contribution in [0.3, 0.4) is 0 Å². The van der Waals surface area contributed by atoms with Gasteiger partial charge in [-0.1, -0.05) is 22.0 Å². The third kappa shape index (κ3) is 5.59. The van der Waals surface area contributed by atoms with Gasteiger partial charge in [-0.2, -0.15) is 0 Å². The summed E-state index contributed by atoms with van der Waals surface area (Å²) in [6.07, 6.45) is 5.04. The molecule has 0 saturated carbocycles. The summed E-state index contributed by atoms with van der Waals surface area (Å²) in [4.78, 5) is 18.7. The van der Waals surface area contributed by atoms with E-state index in [9.17, 15) is 4.79 Å². The minimum Gasteiger partial charge on any atom is -0.496 e. The Hall–Kier alpha value is -2.34. The molecule has 5 nitrogen and oxygen atoms in total. The van der Waals surface area contributed by atoms with E-state index in [4.69, 9.17) is 4.74 Å². The van der Waals surface area contributed by atoms with E-state index in [0.29, 0.717) is 12.3 Å². The predicted molar refractivity (Wildman–Crippen MR) is 109 cm³/mol. The lowest BCUT2D eigenvalue weighted by molar-refractivity contribution is -0.116. The number of hydrogen-bond acceptors (Lipinski definition) is 4. The summed E-state index contributed by atoms with van der Waals surface area (Å²) in [5.41, 5.74) is 1.80. The molecule has 1 aromatic carbocycles. The second kappa shape index (κ2) is 9.97. The molecule has 0 aliphatic carbocycles. The first-order valence-electron chi connectivity index (χ1n) is 8.56. The fourth-order valence-electron chi connectivity index (χ4n) is 2.50. The van der Waals surface area contributed by atoms with Crippen LogP contribution in [0.25, 0.3) is 6.08 Å². The Morgan fingerprint density at radius 3 is 2.65 bits per heavy atom. The van der Waals surface area contributed by atoms with Crippen LogP contribution in [0.4, 0.5) is 5.82 Å². The number of halogens is 1. The molecule has 0 saturated heterocycles. The predicted octanol–water partition coefficient (Wildman–Crippen LogP) is 4.03. The average molecular weight is 418 g/mol. The van der Waals surface area contributed by atoms with E-state index >= 15 is 0 Å². The number of carbonyl (C=O) groups excluding carboxylic acids is 1. The molecular formula is C20H24BrN3O2. The van der Waals surface area contributed by atoms with Crippen LogP contribution in [0.15, 0.2) is 47.1 Å². The Bertz CT molecular complexity index is 756. The summed E-state index contributed by atoms with van der Waals surface area (Å²) in [7, 11) is 1.61. The van der Waals surface area contributed by atoms with E-state index < -0.39 is 0 Å². The van der Waals surface area contributed by atoms with Crippen molar-refractivity contribution in [3.05, 3.63) is 58.2 Å². The zero-order chi connectivity index (χ0) is 18.9. The van der Waals surface area contributed by atoms with Gasteiger partial charge in [-0.25, -0.2) is 4.98 Å². The Balaban J connectivity index is 1.93. The highest BCUT2D eigenvalue weighted by Crippen LogP contribution is 2.24. The lowest BCUT2D eigenvalue weighted by Gasteiger charge is -2.19. The van der Waals surface area contributed by atoms with E-state index in [1.165, 1.54) is 6.08 Å². The topological polar surface area (TPSA) is 54.5 Å². The standard InChI is InChI=1S/C20H24BrN3O2/c1-4-24(5-2)19-10-6-15(13-22-19)14-23-20(25)11-7-16-12-17(21)8-9-18(16)26-3/h6-13H,4-5,14H2,1-3H3,(H,23,25). The van der Waals surface area contributed by atoms with Crippen LogP contribution in [-0.2, 0) is 11.3 Å². The largest absolute Gasteiger partial charge is 0.496 e. The number of carbonyl (C=O) groups is 1. The maximum atomic E-state index is 12.1. The van der Waals surface area contributed by atoms with Gasteiger partial charge >= 0.3 is 0 Å². The van der Waals surface area contributed by atoms with E-state index in [0.717, 1.165) is 34.5 Å². The summed E-state index contributed by atoms with van der Waals surface area (Å²) >= 11 is 3.42. The molecule has 0 aliphatic heterocycles. The zero-order valence-electron chi connectivity index (χ0n) is 15.3. The minimum absolute atomic E-state index is 0.167. The smallest absolute Gasteiger partial charge is 0.244 e. The maximum absolute atomic E-state index is 12.1. The molecule has 0 atom stereocenters. The van der Waals surface area contributed by atoms with Crippen molar-refractivity contribution in [2.24, 2.45) is 0 Å². The van der Waals surface area contributed by atoms with Crippen LogP contribution in [-0.4, -0.2) is 31.1 Å². The van der Waals surface area contributed by atoms with Gasteiger partial charge in [-0.05, 0) is 49.8 Å². The van der Waals surface area contributed by atoms with Gasteiger partial charge in [0.2, 0.25) is 5.91 Å².